The first kappa shape index (κ1) is 16.5. The van der Waals surface area contributed by atoms with E-state index in [2.05, 4.69) is 20.6 Å². The van der Waals surface area contributed by atoms with Gasteiger partial charge >= 0.3 is 0 Å². The molecule has 8 heteroatoms. The average Bonchev–Trinajstić information content (AvgIpc) is 2.40. The van der Waals surface area contributed by atoms with Crippen LogP contribution >= 0.6 is 12.4 Å². The number of carbonyl (C=O) groups excluding carboxylic acids is 1. The summed E-state index contributed by atoms with van der Waals surface area (Å²) >= 11 is 0. The molecule has 1 heterocycles. The number of nitrogens with two attached hydrogens (primary N) is 1. The number of nitrogen functional groups attached to an aromatic ring is 1. The summed E-state index contributed by atoms with van der Waals surface area (Å²) in [4.78, 5) is 18.9. The summed E-state index contributed by atoms with van der Waals surface area (Å²) in [6.07, 6.45) is 1.56. The predicted molar refractivity (Wildman–Crippen MR) is 84.3 cm³/mol. The summed E-state index contributed by atoms with van der Waals surface area (Å²) in [5, 5.41) is 5.76. The van der Waals surface area contributed by atoms with Crippen molar-refractivity contribution < 1.29 is 9.53 Å². The SMILES string of the molecule is COc1cc(NC(C)=O)ccc1Nc1ccnc(N)n1.Cl. The van der Waals surface area contributed by atoms with Crippen LogP contribution in [-0.2, 0) is 4.79 Å². The molecular weight excluding hydrogens is 294 g/mol. The second-order valence-electron chi connectivity index (χ2n) is 4.02. The molecule has 0 fully saturated rings. The first-order valence-corrected chi connectivity index (χ1v) is 5.89. The Hall–Kier alpha value is -2.54. The molecule has 0 aliphatic carbocycles. The van der Waals surface area contributed by atoms with Crippen LogP contribution in [0.15, 0.2) is 30.5 Å². The summed E-state index contributed by atoms with van der Waals surface area (Å²) in [6, 6.07) is 6.95. The fourth-order valence-electron chi connectivity index (χ4n) is 1.66. The Labute approximate surface area is 128 Å². The number of carbonyl (C=O) groups is 1. The second kappa shape index (κ2) is 7.30. The van der Waals surface area contributed by atoms with E-state index in [0.29, 0.717) is 22.9 Å². The second-order valence-corrected chi connectivity index (χ2v) is 4.02. The number of methoxy groups -OCH3 is 1. The van der Waals surface area contributed by atoms with Gasteiger partial charge in [-0.1, -0.05) is 0 Å². The molecule has 0 atom stereocenters. The Morgan fingerprint density at radius 3 is 2.71 bits per heavy atom. The van der Waals surface area contributed by atoms with E-state index in [-0.39, 0.29) is 24.3 Å². The van der Waals surface area contributed by atoms with Gasteiger partial charge < -0.3 is 21.1 Å². The van der Waals surface area contributed by atoms with Gasteiger partial charge in [-0.15, -0.1) is 12.4 Å². The standard InChI is InChI=1S/C13H15N5O2.ClH/c1-8(19)16-9-3-4-10(11(7-9)20-2)17-12-5-6-15-13(14)18-12;/h3-7H,1-2H3,(H,16,19)(H3,14,15,17,18);1H. The molecule has 2 rings (SSSR count). The van der Waals surface area contributed by atoms with Crippen LogP contribution in [0.1, 0.15) is 6.92 Å². The zero-order chi connectivity index (χ0) is 14.5. The highest BCUT2D eigenvalue weighted by Crippen LogP contribution is 2.30. The van der Waals surface area contributed by atoms with Crippen LogP contribution in [0.5, 0.6) is 5.75 Å². The molecule has 0 radical (unpaired) electrons. The quantitative estimate of drug-likeness (QED) is 0.800. The molecule has 0 aliphatic heterocycles. The van der Waals surface area contributed by atoms with Gasteiger partial charge in [-0.3, -0.25) is 4.79 Å². The Kier molecular flexibility index (Phi) is 5.74. The van der Waals surface area contributed by atoms with Crippen LogP contribution in [0.25, 0.3) is 0 Å². The van der Waals surface area contributed by atoms with Crippen LogP contribution < -0.4 is 21.1 Å². The highest BCUT2D eigenvalue weighted by molar-refractivity contribution is 5.89. The third-order valence-corrected chi connectivity index (χ3v) is 2.46. The fraction of sp³-hybridized carbons (Fsp3) is 0.154. The van der Waals surface area contributed by atoms with Crippen molar-refractivity contribution in [2.45, 2.75) is 6.92 Å². The molecule has 1 aromatic carbocycles. The van der Waals surface area contributed by atoms with E-state index in [1.807, 2.05) is 0 Å². The van der Waals surface area contributed by atoms with Gasteiger partial charge in [-0.05, 0) is 18.2 Å². The fourth-order valence-corrected chi connectivity index (χ4v) is 1.66. The third kappa shape index (κ3) is 4.50. The lowest BCUT2D eigenvalue weighted by Gasteiger charge is -2.12. The zero-order valence-corrected chi connectivity index (χ0v) is 12.4. The van der Waals surface area contributed by atoms with Crippen molar-refractivity contribution in [3.05, 3.63) is 30.5 Å². The van der Waals surface area contributed by atoms with Crippen molar-refractivity contribution in [1.29, 1.82) is 0 Å². The van der Waals surface area contributed by atoms with E-state index in [0.717, 1.165) is 0 Å². The molecule has 0 unspecified atom stereocenters. The molecule has 0 saturated carbocycles. The van der Waals surface area contributed by atoms with E-state index in [1.165, 1.54) is 6.92 Å². The first-order chi connectivity index (χ1) is 9.58. The number of benzene rings is 1. The lowest BCUT2D eigenvalue weighted by Crippen LogP contribution is -2.06. The lowest BCUT2D eigenvalue weighted by molar-refractivity contribution is -0.114. The number of hydrogen-bond donors (Lipinski definition) is 3. The Bertz CT molecular complexity index is 636. The Morgan fingerprint density at radius 2 is 2.10 bits per heavy atom. The minimum absolute atomic E-state index is 0. The summed E-state index contributed by atoms with van der Waals surface area (Å²) in [5.74, 6) is 1.18. The molecule has 0 aliphatic rings. The van der Waals surface area contributed by atoms with Crippen molar-refractivity contribution >= 4 is 41.5 Å². The van der Waals surface area contributed by atoms with Gasteiger partial charge in [-0.25, -0.2) is 4.98 Å². The van der Waals surface area contributed by atoms with Crippen molar-refractivity contribution in [2.24, 2.45) is 0 Å². The van der Waals surface area contributed by atoms with Gasteiger partial charge in [0.15, 0.2) is 0 Å². The first-order valence-electron chi connectivity index (χ1n) is 5.89. The highest BCUT2D eigenvalue weighted by Gasteiger charge is 2.06. The van der Waals surface area contributed by atoms with Crippen LogP contribution in [0.4, 0.5) is 23.1 Å². The van der Waals surface area contributed by atoms with E-state index in [9.17, 15) is 4.79 Å². The molecule has 4 N–H and O–H groups in total. The van der Waals surface area contributed by atoms with E-state index in [1.54, 1.807) is 37.6 Å². The number of halogens is 1. The monoisotopic (exact) mass is 309 g/mol. The summed E-state index contributed by atoms with van der Waals surface area (Å²) in [7, 11) is 1.55. The number of amides is 1. The number of rotatable bonds is 4. The summed E-state index contributed by atoms with van der Waals surface area (Å²) in [5.41, 5.74) is 6.88. The van der Waals surface area contributed by atoms with Gasteiger partial charge in [-0.2, -0.15) is 4.98 Å². The van der Waals surface area contributed by atoms with Crippen molar-refractivity contribution in [2.75, 3.05) is 23.5 Å². The zero-order valence-electron chi connectivity index (χ0n) is 11.6. The van der Waals surface area contributed by atoms with Gasteiger partial charge in [0.05, 0.1) is 12.8 Å². The summed E-state index contributed by atoms with van der Waals surface area (Å²) in [6.45, 7) is 1.45. The summed E-state index contributed by atoms with van der Waals surface area (Å²) < 4.78 is 5.28. The molecule has 0 spiro atoms. The predicted octanol–water partition coefficient (Wildman–Crippen LogP) is 2.19. The van der Waals surface area contributed by atoms with Crippen LogP contribution in [0, 0.1) is 0 Å². The van der Waals surface area contributed by atoms with Gasteiger partial charge in [0.2, 0.25) is 11.9 Å². The Balaban J connectivity index is 0.00000220. The molecule has 1 aromatic heterocycles. The lowest BCUT2D eigenvalue weighted by atomic mass is 10.2. The van der Waals surface area contributed by atoms with E-state index < -0.39 is 0 Å². The number of anilines is 4. The maximum Gasteiger partial charge on any atom is 0.221 e. The van der Waals surface area contributed by atoms with Gasteiger partial charge in [0, 0.05) is 24.9 Å². The molecule has 0 saturated heterocycles. The van der Waals surface area contributed by atoms with Crippen molar-refractivity contribution in [1.82, 2.24) is 9.97 Å². The Morgan fingerprint density at radius 1 is 1.33 bits per heavy atom. The maximum absolute atomic E-state index is 11.0. The molecule has 1 amide bonds. The maximum atomic E-state index is 11.0. The normalized spacial score (nSPS) is 9.43. The van der Waals surface area contributed by atoms with Crippen molar-refractivity contribution in [3.8, 4) is 5.75 Å². The van der Waals surface area contributed by atoms with Crippen LogP contribution in [0.2, 0.25) is 0 Å². The van der Waals surface area contributed by atoms with Crippen LogP contribution in [0.3, 0.4) is 0 Å². The molecule has 0 bridgehead atoms. The molecular formula is C13H16ClN5O2. The largest absolute Gasteiger partial charge is 0.494 e. The number of hydrogen-bond acceptors (Lipinski definition) is 6. The average molecular weight is 310 g/mol. The third-order valence-electron chi connectivity index (χ3n) is 2.46. The number of nitrogens with one attached hydrogen (secondary N) is 2. The van der Waals surface area contributed by atoms with Crippen molar-refractivity contribution in [3.63, 3.8) is 0 Å². The highest BCUT2D eigenvalue weighted by atomic mass is 35.5. The minimum Gasteiger partial charge on any atom is -0.494 e. The number of nitrogens with zero attached hydrogens (tertiary/aromatic N) is 2. The van der Waals surface area contributed by atoms with Gasteiger partial charge in [0.25, 0.3) is 0 Å². The molecule has 2 aromatic rings. The van der Waals surface area contributed by atoms with E-state index in [4.69, 9.17) is 10.5 Å². The van der Waals surface area contributed by atoms with E-state index >= 15 is 0 Å². The number of aromatic nitrogens is 2. The van der Waals surface area contributed by atoms with Crippen LogP contribution in [-0.4, -0.2) is 23.0 Å². The molecule has 112 valence electrons. The molecule has 7 nitrogen and oxygen atoms in total. The van der Waals surface area contributed by atoms with Gasteiger partial charge in [0.1, 0.15) is 11.6 Å². The topological polar surface area (TPSA) is 102 Å². The number of ether oxygens (including phenoxy) is 1. The molecule has 21 heavy (non-hydrogen) atoms. The smallest absolute Gasteiger partial charge is 0.221 e. The minimum atomic E-state index is -0.142.